The third-order valence-electron chi connectivity index (χ3n) is 5.12. The van der Waals surface area contributed by atoms with E-state index in [1.165, 1.54) is 0 Å². The minimum Gasteiger partial charge on any atom is -0.356 e. The van der Waals surface area contributed by atoms with Crippen LogP contribution in [0.4, 0.5) is 0 Å². The lowest BCUT2D eigenvalue weighted by atomic mass is 9.98. The predicted molar refractivity (Wildman–Crippen MR) is 102 cm³/mol. The normalized spacial score (nSPS) is 22.1. The van der Waals surface area contributed by atoms with Gasteiger partial charge in [-0.1, -0.05) is 12.1 Å². The molecule has 28 heavy (non-hydrogen) atoms. The number of pyridine rings is 2. The van der Waals surface area contributed by atoms with Crippen LogP contribution in [0.15, 0.2) is 48.9 Å². The second kappa shape index (κ2) is 8.48. The number of aromatic nitrogens is 2. The SMILES string of the molecule is O=C(NCCCc1ccccn1)[C@H]1OCC(=O)N(C2CC2)[C@@H]1c1cccnc1. The summed E-state index contributed by atoms with van der Waals surface area (Å²) in [5, 5.41) is 2.97. The van der Waals surface area contributed by atoms with Crippen molar-refractivity contribution < 1.29 is 14.3 Å². The highest BCUT2D eigenvalue weighted by Gasteiger charge is 2.47. The number of ether oxygens (including phenoxy) is 1. The fourth-order valence-corrected chi connectivity index (χ4v) is 3.64. The highest BCUT2D eigenvalue weighted by Crippen LogP contribution is 2.39. The van der Waals surface area contributed by atoms with Crippen molar-refractivity contribution in [2.45, 2.75) is 43.9 Å². The molecular weight excluding hydrogens is 356 g/mol. The molecule has 2 atom stereocenters. The smallest absolute Gasteiger partial charge is 0.251 e. The molecule has 2 aromatic rings. The number of rotatable bonds is 7. The lowest BCUT2D eigenvalue weighted by molar-refractivity contribution is -0.165. The molecule has 1 N–H and O–H groups in total. The summed E-state index contributed by atoms with van der Waals surface area (Å²) >= 11 is 0. The molecule has 0 bridgehead atoms. The Labute approximate surface area is 164 Å². The molecule has 1 saturated carbocycles. The van der Waals surface area contributed by atoms with Gasteiger partial charge in [0.15, 0.2) is 6.10 Å². The van der Waals surface area contributed by atoms with Crippen molar-refractivity contribution in [1.82, 2.24) is 20.2 Å². The summed E-state index contributed by atoms with van der Waals surface area (Å²) in [5.74, 6) is -0.247. The third-order valence-corrected chi connectivity index (χ3v) is 5.12. The molecule has 1 aliphatic carbocycles. The minimum atomic E-state index is -0.725. The topological polar surface area (TPSA) is 84.4 Å². The van der Waals surface area contributed by atoms with Gasteiger partial charge < -0.3 is 15.0 Å². The number of aryl methyl sites for hydroxylation is 1. The number of hydrogen-bond acceptors (Lipinski definition) is 5. The van der Waals surface area contributed by atoms with Crippen LogP contribution >= 0.6 is 0 Å². The predicted octanol–water partition coefficient (Wildman–Crippen LogP) is 1.66. The molecular formula is C21H24N4O3. The van der Waals surface area contributed by atoms with Gasteiger partial charge in [0.2, 0.25) is 5.91 Å². The zero-order valence-corrected chi connectivity index (χ0v) is 15.7. The highest BCUT2D eigenvalue weighted by molar-refractivity contribution is 5.86. The monoisotopic (exact) mass is 380 g/mol. The second-order valence-corrected chi connectivity index (χ2v) is 7.21. The number of hydrogen-bond donors (Lipinski definition) is 1. The van der Waals surface area contributed by atoms with Crippen LogP contribution in [-0.4, -0.2) is 52.0 Å². The maximum atomic E-state index is 12.9. The van der Waals surface area contributed by atoms with Crippen LogP contribution < -0.4 is 5.32 Å². The van der Waals surface area contributed by atoms with Gasteiger partial charge in [-0.15, -0.1) is 0 Å². The average molecular weight is 380 g/mol. The minimum absolute atomic E-state index is 0.0563. The molecule has 0 unspecified atom stereocenters. The average Bonchev–Trinajstić information content (AvgIpc) is 3.57. The van der Waals surface area contributed by atoms with Gasteiger partial charge in [-0.25, -0.2) is 0 Å². The largest absolute Gasteiger partial charge is 0.356 e. The van der Waals surface area contributed by atoms with Crippen LogP contribution in [-0.2, 0) is 20.7 Å². The maximum absolute atomic E-state index is 12.9. The van der Waals surface area contributed by atoms with E-state index in [0.717, 1.165) is 36.9 Å². The lowest BCUT2D eigenvalue weighted by Crippen LogP contribution is -2.55. The molecule has 3 heterocycles. The first kappa shape index (κ1) is 18.6. The van der Waals surface area contributed by atoms with Crippen molar-refractivity contribution in [3.05, 3.63) is 60.2 Å². The summed E-state index contributed by atoms with van der Waals surface area (Å²) in [6.07, 6.45) is 7.97. The highest BCUT2D eigenvalue weighted by atomic mass is 16.5. The van der Waals surface area contributed by atoms with E-state index in [9.17, 15) is 9.59 Å². The quantitative estimate of drug-likeness (QED) is 0.739. The fourth-order valence-electron chi connectivity index (χ4n) is 3.64. The Balaban J connectivity index is 1.42. The Kier molecular flexibility index (Phi) is 5.62. The molecule has 2 aliphatic rings. The molecule has 146 valence electrons. The van der Waals surface area contributed by atoms with Crippen LogP contribution in [0.5, 0.6) is 0 Å². The Morgan fingerprint density at radius 2 is 2.11 bits per heavy atom. The van der Waals surface area contributed by atoms with Crippen molar-refractivity contribution in [3.63, 3.8) is 0 Å². The first-order chi connectivity index (χ1) is 13.7. The standard InChI is InChI=1S/C21H24N4O3/c26-18-14-28-20(21(27)24-12-4-7-16-6-1-2-11-23-16)19(25(18)17-8-9-17)15-5-3-10-22-13-15/h1-3,5-6,10-11,13,17,19-20H,4,7-9,12,14H2,(H,24,27)/t19-,20+/m1/s1. The van der Waals surface area contributed by atoms with Crippen molar-refractivity contribution in [2.75, 3.05) is 13.2 Å². The number of nitrogens with zero attached hydrogens (tertiary/aromatic N) is 3. The number of carbonyl (C=O) groups excluding carboxylic acids is 2. The van der Waals surface area contributed by atoms with Gasteiger partial charge in [-0.2, -0.15) is 0 Å². The van der Waals surface area contributed by atoms with E-state index >= 15 is 0 Å². The Morgan fingerprint density at radius 3 is 2.82 bits per heavy atom. The first-order valence-corrected chi connectivity index (χ1v) is 9.74. The molecule has 7 nitrogen and oxygen atoms in total. The second-order valence-electron chi connectivity index (χ2n) is 7.21. The van der Waals surface area contributed by atoms with Gasteiger partial charge >= 0.3 is 0 Å². The van der Waals surface area contributed by atoms with E-state index in [4.69, 9.17) is 4.74 Å². The van der Waals surface area contributed by atoms with Crippen LogP contribution in [0.1, 0.15) is 36.6 Å². The Bertz CT molecular complexity index is 811. The molecule has 0 aromatic carbocycles. The molecule has 2 aromatic heterocycles. The summed E-state index contributed by atoms with van der Waals surface area (Å²) in [6, 6.07) is 9.30. The van der Waals surface area contributed by atoms with Gasteiger partial charge in [0.25, 0.3) is 5.91 Å². The van der Waals surface area contributed by atoms with Gasteiger partial charge in [0.1, 0.15) is 6.61 Å². The van der Waals surface area contributed by atoms with Gasteiger partial charge in [0, 0.05) is 36.9 Å². The summed E-state index contributed by atoms with van der Waals surface area (Å²) in [6.45, 7) is 0.478. The van der Waals surface area contributed by atoms with Crippen molar-refractivity contribution in [3.8, 4) is 0 Å². The van der Waals surface area contributed by atoms with Crippen molar-refractivity contribution in [1.29, 1.82) is 0 Å². The lowest BCUT2D eigenvalue weighted by Gasteiger charge is -2.40. The zero-order chi connectivity index (χ0) is 19.3. The van der Waals surface area contributed by atoms with E-state index in [-0.39, 0.29) is 24.5 Å². The van der Waals surface area contributed by atoms with E-state index in [1.54, 1.807) is 18.6 Å². The van der Waals surface area contributed by atoms with Crippen LogP contribution in [0.3, 0.4) is 0 Å². The van der Waals surface area contributed by atoms with E-state index in [1.807, 2.05) is 35.2 Å². The van der Waals surface area contributed by atoms with Crippen LogP contribution in [0, 0.1) is 0 Å². The van der Waals surface area contributed by atoms with Gasteiger partial charge in [-0.05, 0) is 49.4 Å². The molecule has 2 fully saturated rings. The Hall–Kier alpha value is -2.80. The number of nitrogens with one attached hydrogen (secondary N) is 1. The molecule has 4 rings (SSSR count). The molecule has 7 heteroatoms. The van der Waals surface area contributed by atoms with E-state index in [0.29, 0.717) is 6.54 Å². The molecule has 0 radical (unpaired) electrons. The maximum Gasteiger partial charge on any atom is 0.251 e. The third kappa shape index (κ3) is 4.20. The number of carbonyl (C=O) groups is 2. The molecule has 1 aliphatic heterocycles. The summed E-state index contributed by atoms with van der Waals surface area (Å²) in [4.78, 5) is 35.7. The summed E-state index contributed by atoms with van der Waals surface area (Å²) in [7, 11) is 0. The molecule has 0 spiro atoms. The summed E-state index contributed by atoms with van der Waals surface area (Å²) < 4.78 is 5.70. The molecule has 1 saturated heterocycles. The first-order valence-electron chi connectivity index (χ1n) is 9.74. The van der Waals surface area contributed by atoms with Crippen molar-refractivity contribution in [2.24, 2.45) is 0 Å². The molecule has 2 amide bonds. The van der Waals surface area contributed by atoms with E-state index < -0.39 is 12.1 Å². The van der Waals surface area contributed by atoms with E-state index in [2.05, 4.69) is 15.3 Å². The summed E-state index contributed by atoms with van der Waals surface area (Å²) in [5.41, 5.74) is 1.83. The van der Waals surface area contributed by atoms with Crippen molar-refractivity contribution >= 4 is 11.8 Å². The van der Waals surface area contributed by atoms with Gasteiger partial charge in [-0.3, -0.25) is 19.6 Å². The number of morpholine rings is 1. The van der Waals surface area contributed by atoms with Crippen LogP contribution in [0.25, 0.3) is 0 Å². The van der Waals surface area contributed by atoms with Crippen LogP contribution in [0.2, 0.25) is 0 Å². The Morgan fingerprint density at radius 1 is 1.21 bits per heavy atom. The fraction of sp³-hybridized carbons (Fsp3) is 0.429. The number of amides is 2. The van der Waals surface area contributed by atoms with Gasteiger partial charge in [0.05, 0.1) is 6.04 Å². The zero-order valence-electron chi connectivity index (χ0n) is 15.7.